The van der Waals surface area contributed by atoms with Gasteiger partial charge < -0.3 is 0 Å². The summed E-state index contributed by atoms with van der Waals surface area (Å²) in [6.45, 7) is 0. The van der Waals surface area contributed by atoms with Crippen LogP contribution < -0.4 is 0 Å². The Hall–Kier alpha value is -1.44. The van der Waals surface area contributed by atoms with Crippen LogP contribution in [0.3, 0.4) is 0 Å². The quantitative estimate of drug-likeness (QED) is 0.715. The minimum absolute atomic E-state index is 0.00712. The Morgan fingerprint density at radius 3 is 2.44 bits per heavy atom. The topological polar surface area (TPSA) is 0 Å². The van der Waals surface area contributed by atoms with Crippen molar-refractivity contribution in [1.82, 2.24) is 0 Å². The molecule has 0 aromatic heterocycles. The number of hydrogen-bond acceptors (Lipinski definition) is 0. The fraction of sp³-hybridized carbons (Fsp3) is 0.286. The Bertz CT molecular complexity index is 463. The Morgan fingerprint density at radius 2 is 1.69 bits per heavy atom. The standard InChI is InChI=1S/C14H14F2/c15-14(16)7-3-4-11-8-9-12-5-1-2-6-13(12)10-11/h1-2,5-6,8-10,14H,3-4,7H2. The van der Waals surface area contributed by atoms with E-state index in [0.29, 0.717) is 6.42 Å². The lowest BCUT2D eigenvalue weighted by atomic mass is 10.0. The Balaban J connectivity index is 2.08. The van der Waals surface area contributed by atoms with E-state index >= 15 is 0 Å². The first-order valence-corrected chi connectivity index (χ1v) is 5.51. The fourth-order valence-corrected chi connectivity index (χ4v) is 1.85. The van der Waals surface area contributed by atoms with Crippen LogP contribution in [0.15, 0.2) is 42.5 Å². The zero-order valence-electron chi connectivity index (χ0n) is 9.00. The first kappa shape index (κ1) is 11.1. The summed E-state index contributed by atoms with van der Waals surface area (Å²) in [7, 11) is 0. The predicted octanol–water partition coefficient (Wildman–Crippen LogP) is 4.43. The summed E-state index contributed by atoms with van der Waals surface area (Å²) in [5.41, 5.74) is 1.14. The molecule has 0 aliphatic heterocycles. The summed E-state index contributed by atoms with van der Waals surface area (Å²) < 4.78 is 24.0. The number of rotatable bonds is 4. The van der Waals surface area contributed by atoms with E-state index in [1.54, 1.807) is 0 Å². The smallest absolute Gasteiger partial charge is 0.211 e. The van der Waals surface area contributed by atoms with Gasteiger partial charge in [0.1, 0.15) is 0 Å². The lowest BCUT2D eigenvalue weighted by Gasteiger charge is -2.03. The van der Waals surface area contributed by atoms with E-state index in [0.717, 1.165) is 12.0 Å². The maximum Gasteiger partial charge on any atom is 0.238 e. The van der Waals surface area contributed by atoms with Gasteiger partial charge in [0, 0.05) is 6.42 Å². The molecule has 0 saturated heterocycles. The van der Waals surface area contributed by atoms with Crippen LogP contribution in [-0.4, -0.2) is 6.43 Å². The molecule has 2 rings (SSSR count). The molecule has 84 valence electrons. The monoisotopic (exact) mass is 220 g/mol. The van der Waals surface area contributed by atoms with Gasteiger partial charge in [0.15, 0.2) is 0 Å². The highest BCUT2D eigenvalue weighted by molar-refractivity contribution is 5.82. The van der Waals surface area contributed by atoms with Gasteiger partial charge in [0.25, 0.3) is 0 Å². The maximum absolute atomic E-state index is 12.0. The van der Waals surface area contributed by atoms with Gasteiger partial charge in [-0.1, -0.05) is 42.5 Å². The van der Waals surface area contributed by atoms with Crippen molar-refractivity contribution in [3.63, 3.8) is 0 Å². The number of benzene rings is 2. The first-order valence-electron chi connectivity index (χ1n) is 5.51. The molecule has 0 spiro atoms. The molecule has 0 amide bonds. The molecule has 0 bridgehead atoms. The third-order valence-electron chi connectivity index (χ3n) is 2.70. The average Bonchev–Trinajstić information content (AvgIpc) is 2.28. The summed E-state index contributed by atoms with van der Waals surface area (Å²) in [6, 6.07) is 14.2. The summed E-state index contributed by atoms with van der Waals surface area (Å²) in [6.07, 6.45) is -0.904. The molecule has 0 atom stereocenters. The van der Waals surface area contributed by atoms with E-state index in [-0.39, 0.29) is 6.42 Å². The van der Waals surface area contributed by atoms with E-state index in [4.69, 9.17) is 0 Å². The van der Waals surface area contributed by atoms with Crippen LogP contribution in [0.1, 0.15) is 18.4 Å². The second-order valence-electron chi connectivity index (χ2n) is 3.96. The van der Waals surface area contributed by atoms with Crippen molar-refractivity contribution in [2.45, 2.75) is 25.7 Å². The predicted molar refractivity (Wildman–Crippen MR) is 62.9 cm³/mol. The minimum Gasteiger partial charge on any atom is -0.211 e. The van der Waals surface area contributed by atoms with Crippen LogP contribution in [0.2, 0.25) is 0 Å². The highest BCUT2D eigenvalue weighted by Crippen LogP contribution is 2.17. The molecule has 0 unspecified atom stereocenters. The summed E-state index contributed by atoms with van der Waals surface area (Å²) in [5.74, 6) is 0. The average molecular weight is 220 g/mol. The lowest BCUT2D eigenvalue weighted by molar-refractivity contribution is 0.135. The molecule has 2 aromatic carbocycles. The van der Waals surface area contributed by atoms with Crippen molar-refractivity contribution in [3.8, 4) is 0 Å². The molecule has 2 aromatic rings. The molecule has 2 heteroatoms. The molecule has 16 heavy (non-hydrogen) atoms. The molecule has 0 fully saturated rings. The van der Waals surface area contributed by atoms with Crippen molar-refractivity contribution in [2.24, 2.45) is 0 Å². The summed E-state index contributed by atoms with van der Waals surface area (Å²) in [4.78, 5) is 0. The van der Waals surface area contributed by atoms with Gasteiger partial charge in [-0.05, 0) is 29.2 Å². The van der Waals surface area contributed by atoms with Crippen molar-refractivity contribution >= 4 is 10.8 Å². The number of aryl methyl sites for hydroxylation is 1. The van der Waals surface area contributed by atoms with E-state index in [1.807, 2.05) is 30.3 Å². The third kappa shape index (κ3) is 2.78. The van der Waals surface area contributed by atoms with E-state index in [2.05, 4.69) is 12.1 Å². The molecule has 0 aliphatic carbocycles. The van der Waals surface area contributed by atoms with E-state index in [1.165, 1.54) is 10.8 Å². The molecular weight excluding hydrogens is 206 g/mol. The molecule has 0 saturated carbocycles. The van der Waals surface area contributed by atoms with Gasteiger partial charge >= 0.3 is 0 Å². The van der Waals surface area contributed by atoms with E-state index < -0.39 is 6.43 Å². The summed E-state index contributed by atoms with van der Waals surface area (Å²) in [5, 5.41) is 2.37. The zero-order chi connectivity index (χ0) is 11.4. The van der Waals surface area contributed by atoms with Crippen LogP contribution in [0.4, 0.5) is 8.78 Å². The molecule has 0 heterocycles. The van der Waals surface area contributed by atoms with E-state index in [9.17, 15) is 8.78 Å². The zero-order valence-corrected chi connectivity index (χ0v) is 9.00. The van der Waals surface area contributed by atoms with Crippen molar-refractivity contribution in [3.05, 3.63) is 48.0 Å². The Kier molecular flexibility index (Phi) is 3.50. The van der Waals surface area contributed by atoms with Gasteiger partial charge in [0.05, 0.1) is 0 Å². The van der Waals surface area contributed by atoms with Crippen LogP contribution in [0.25, 0.3) is 10.8 Å². The highest BCUT2D eigenvalue weighted by Gasteiger charge is 2.02. The number of fused-ring (bicyclic) bond motifs is 1. The number of alkyl halides is 2. The molecule has 0 N–H and O–H groups in total. The van der Waals surface area contributed by atoms with Crippen molar-refractivity contribution in [2.75, 3.05) is 0 Å². The number of halogens is 2. The maximum atomic E-state index is 12.0. The van der Waals surface area contributed by atoms with Crippen LogP contribution >= 0.6 is 0 Å². The SMILES string of the molecule is FC(F)CCCc1ccc2ccccc2c1. The largest absolute Gasteiger partial charge is 0.238 e. The third-order valence-corrected chi connectivity index (χ3v) is 2.70. The second kappa shape index (κ2) is 5.06. The molecule has 0 radical (unpaired) electrons. The van der Waals surface area contributed by atoms with Gasteiger partial charge in [-0.2, -0.15) is 0 Å². The van der Waals surface area contributed by atoms with Crippen molar-refractivity contribution < 1.29 is 8.78 Å². The Morgan fingerprint density at radius 1 is 0.938 bits per heavy atom. The van der Waals surface area contributed by atoms with Gasteiger partial charge in [-0.15, -0.1) is 0 Å². The highest BCUT2D eigenvalue weighted by atomic mass is 19.3. The minimum atomic E-state index is -2.18. The summed E-state index contributed by atoms with van der Waals surface area (Å²) >= 11 is 0. The fourth-order valence-electron chi connectivity index (χ4n) is 1.85. The molecular formula is C14H14F2. The van der Waals surface area contributed by atoms with Gasteiger partial charge in [0.2, 0.25) is 6.43 Å². The first-order chi connectivity index (χ1) is 7.75. The molecule has 0 nitrogen and oxygen atoms in total. The Labute approximate surface area is 93.9 Å². The van der Waals surface area contributed by atoms with Crippen LogP contribution in [0.5, 0.6) is 0 Å². The van der Waals surface area contributed by atoms with Gasteiger partial charge in [-0.25, -0.2) is 8.78 Å². The normalized spacial score (nSPS) is 11.2. The van der Waals surface area contributed by atoms with Crippen molar-refractivity contribution in [1.29, 1.82) is 0 Å². The van der Waals surface area contributed by atoms with Gasteiger partial charge in [-0.3, -0.25) is 0 Å². The van der Waals surface area contributed by atoms with Crippen LogP contribution in [0, 0.1) is 0 Å². The number of hydrogen-bond donors (Lipinski definition) is 0. The van der Waals surface area contributed by atoms with Crippen LogP contribution in [-0.2, 0) is 6.42 Å². The second-order valence-corrected chi connectivity index (χ2v) is 3.96. The lowest BCUT2D eigenvalue weighted by Crippen LogP contribution is -1.92. The molecule has 0 aliphatic rings.